The molecule has 0 aliphatic rings. The van der Waals surface area contributed by atoms with Crippen molar-refractivity contribution in [2.75, 3.05) is 0 Å². The molecule has 0 rings (SSSR count). The van der Waals surface area contributed by atoms with Crippen LogP contribution in [0, 0.1) is 11.3 Å². The maximum Gasteiger partial charge on any atom is 0.328 e. The number of nitrogens with zero attached hydrogens (tertiary/aromatic N) is 1. The molecule has 1 atom stereocenters. The first-order valence-electron chi connectivity index (χ1n) is 4.89. The summed E-state index contributed by atoms with van der Waals surface area (Å²) < 4.78 is 0. The fraction of sp³-hybridized carbons (Fsp3) is 0.667. The number of hydrazine groups is 1. The van der Waals surface area contributed by atoms with E-state index in [9.17, 15) is 9.59 Å². The number of nitrogens with one attached hydrogen (secondary N) is 2. The second-order valence-corrected chi connectivity index (χ2v) is 3.91. The lowest BCUT2D eigenvalue weighted by Crippen LogP contribution is -2.57. The van der Waals surface area contributed by atoms with Crippen LogP contribution in [-0.4, -0.2) is 34.0 Å². The number of carbonyl (C=O) groups is 2. The first-order chi connectivity index (χ1) is 7.25. The molecule has 0 saturated carbocycles. The van der Waals surface area contributed by atoms with Crippen LogP contribution in [0.25, 0.3) is 0 Å². The zero-order valence-corrected chi connectivity index (χ0v) is 9.65. The van der Waals surface area contributed by atoms with Gasteiger partial charge in [-0.1, -0.05) is 13.8 Å². The molecule has 0 radical (unpaired) electrons. The Labute approximate surface area is 94.1 Å². The standard InChI is InChI=1S/C9H18N4O3/c1-5(2)4-7(8(15)16)13(9(10)11)12-6(3)14/h5,7H,4H2,1-3H3,(H3,10,11)(H,12,14)(H,15,16)/t7-/m0/s1. The van der Waals surface area contributed by atoms with Gasteiger partial charge in [0, 0.05) is 6.92 Å². The first kappa shape index (κ1) is 14.2. The molecular formula is C9H18N4O3. The van der Waals surface area contributed by atoms with Gasteiger partial charge in [-0.15, -0.1) is 0 Å². The van der Waals surface area contributed by atoms with Crippen LogP contribution in [0.3, 0.4) is 0 Å². The number of rotatable bonds is 4. The van der Waals surface area contributed by atoms with Gasteiger partial charge in [0.2, 0.25) is 11.9 Å². The van der Waals surface area contributed by atoms with E-state index in [4.69, 9.17) is 16.2 Å². The highest BCUT2D eigenvalue weighted by molar-refractivity contribution is 5.85. The Hall–Kier alpha value is -1.79. The summed E-state index contributed by atoms with van der Waals surface area (Å²) in [6.45, 7) is 4.92. The van der Waals surface area contributed by atoms with Crippen LogP contribution in [0.1, 0.15) is 27.2 Å². The normalized spacial score (nSPS) is 12.0. The summed E-state index contributed by atoms with van der Waals surface area (Å²) in [6.07, 6.45) is 0.287. The minimum absolute atomic E-state index is 0.108. The van der Waals surface area contributed by atoms with E-state index in [0.29, 0.717) is 0 Å². The Morgan fingerprint density at radius 3 is 2.25 bits per heavy atom. The number of aliphatic carboxylic acids is 1. The molecular weight excluding hydrogens is 212 g/mol. The molecule has 0 unspecified atom stereocenters. The Morgan fingerprint density at radius 2 is 2.00 bits per heavy atom. The molecule has 0 bridgehead atoms. The summed E-state index contributed by atoms with van der Waals surface area (Å²) in [6, 6.07) is -1.03. The van der Waals surface area contributed by atoms with E-state index in [1.54, 1.807) is 0 Å². The molecule has 0 aromatic carbocycles. The molecule has 0 fully saturated rings. The van der Waals surface area contributed by atoms with Crippen LogP contribution in [-0.2, 0) is 9.59 Å². The lowest BCUT2D eigenvalue weighted by Gasteiger charge is -2.29. The zero-order valence-electron chi connectivity index (χ0n) is 9.65. The molecule has 0 aromatic heterocycles. The first-order valence-corrected chi connectivity index (χ1v) is 4.89. The van der Waals surface area contributed by atoms with E-state index in [-0.39, 0.29) is 12.3 Å². The summed E-state index contributed by atoms with van der Waals surface area (Å²) in [5.74, 6) is -1.98. The maximum atomic E-state index is 11.0. The minimum Gasteiger partial charge on any atom is -0.480 e. The Balaban J connectivity index is 4.86. The van der Waals surface area contributed by atoms with E-state index < -0.39 is 23.9 Å². The van der Waals surface area contributed by atoms with Gasteiger partial charge in [-0.2, -0.15) is 0 Å². The van der Waals surface area contributed by atoms with Crippen molar-refractivity contribution >= 4 is 17.8 Å². The molecule has 0 spiro atoms. The molecule has 1 amide bonds. The third kappa shape index (κ3) is 4.63. The van der Waals surface area contributed by atoms with Crippen molar-refractivity contribution in [1.82, 2.24) is 10.4 Å². The second kappa shape index (κ2) is 5.94. The maximum absolute atomic E-state index is 11.0. The third-order valence-electron chi connectivity index (χ3n) is 1.83. The average molecular weight is 230 g/mol. The summed E-state index contributed by atoms with van der Waals surface area (Å²) in [5.41, 5.74) is 7.46. The van der Waals surface area contributed by atoms with Crippen molar-refractivity contribution in [3.8, 4) is 0 Å². The van der Waals surface area contributed by atoms with Gasteiger partial charge in [0.05, 0.1) is 0 Å². The van der Waals surface area contributed by atoms with Gasteiger partial charge in [0.25, 0.3) is 0 Å². The Bertz CT molecular complexity index is 290. The Morgan fingerprint density at radius 1 is 1.50 bits per heavy atom. The number of hydrogen-bond donors (Lipinski definition) is 4. The van der Waals surface area contributed by atoms with E-state index in [0.717, 1.165) is 5.01 Å². The highest BCUT2D eigenvalue weighted by Crippen LogP contribution is 2.10. The quantitative estimate of drug-likeness (QED) is 0.301. The van der Waals surface area contributed by atoms with Gasteiger partial charge in [0.15, 0.2) is 6.04 Å². The number of carboxylic acid groups (broad SMARTS) is 1. The van der Waals surface area contributed by atoms with Crippen molar-refractivity contribution in [2.24, 2.45) is 11.7 Å². The molecule has 5 N–H and O–H groups in total. The van der Waals surface area contributed by atoms with Gasteiger partial charge in [-0.05, 0) is 12.3 Å². The topological polar surface area (TPSA) is 120 Å². The van der Waals surface area contributed by atoms with Crippen LogP contribution in [0.2, 0.25) is 0 Å². The molecule has 92 valence electrons. The highest BCUT2D eigenvalue weighted by Gasteiger charge is 2.28. The SMILES string of the molecule is CC(=O)NN(C(=N)N)[C@@H](CC(C)C)C(=O)O. The predicted octanol–water partition coefficient (Wildman–Crippen LogP) is -0.268. The van der Waals surface area contributed by atoms with Gasteiger partial charge >= 0.3 is 5.97 Å². The molecule has 16 heavy (non-hydrogen) atoms. The van der Waals surface area contributed by atoms with Crippen molar-refractivity contribution in [3.63, 3.8) is 0 Å². The fourth-order valence-corrected chi connectivity index (χ4v) is 1.24. The summed E-state index contributed by atoms with van der Waals surface area (Å²) in [4.78, 5) is 21.9. The molecule has 0 aliphatic carbocycles. The number of carbonyl (C=O) groups excluding carboxylic acids is 1. The summed E-state index contributed by atoms with van der Waals surface area (Å²) in [7, 11) is 0. The van der Waals surface area contributed by atoms with Crippen molar-refractivity contribution in [1.29, 1.82) is 5.41 Å². The van der Waals surface area contributed by atoms with E-state index >= 15 is 0 Å². The van der Waals surface area contributed by atoms with Gasteiger partial charge in [-0.25, -0.2) is 9.80 Å². The van der Waals surface area contributed by atoms with E-state index in [1.807, 2.05) is 13.8 Å². The minimum atomic E-state index is -1.13. The lowest BCUT2D eigenvalue weighted by molar-refractivity contribution is -0.144. The summed E-state index contributed by atoms with van der Waals surface area (Å²) in [5, 5.41) is 17.1. The van der Waals surface area contributed by atoms with Gasteiger partial charge in [-0.3, -0.25) is 15.6 Å². The van der Waals surface area contributed by atoms with Crippen molar-refractivity contribution in [3.05, 3.63) is 0 Å². The fourth-order valence-electron chi connectivity index (χ4n) is 1.24. The number of carboxylic acids is 1. The number of nitrogens with two attached hydrogens (primary N) is 1. The monoisotopic (exact) mass is 230 g/mol. The molecule has 0 aromatic rings. The highest BCUT2D eigenvalue weighted by atomic mass is 16.4. The number of amides is 1. The molecule has 0 aliphatic heterocycles. The summed E-state index contributed by atoms with van der Waals surface area (Å²) >= 11 is 0. The molecule has 7 heteroatoms. The largest absolute Gasteiger partial charge is 0.480 e. The predicted molar refractivity (Wildman–Crippen MR) is 58.4 cm³/mol. The van der Waals surface area contributed by atoms with Gasteiger partial charge in [0.1, 0.15) is 0 Å². The van der Waals surface area contributed by atoms with Crippen LogP contribution in [0.5, 0.6) is 0 Å². The Kier molecular flexibility index (Phi) is 5.27. The smallest absolute Gasteiger partial charge is 0.328 e. The molecule has 0 heterocycles. The molecule has 0 saturated heterocycles. The van der Waals surface area contributed by atoms with Crippen LogP contribution in [0.15, 0.2) is 0 Å². The zero-order chi connectivity index (χ0) is 12.9. The van der Waals surface area contributed by atoms with Crippen LogP contribution in [0.4, 0.5) is 0 Å². The van der Waals surface area contributed by atoms with Crippen molar-refractivity contribution < 1.29 is 14.7 Å². The molecule has 7 nitrogen and oxygen atoms in total. The van der Waals surface area contributed by atoms with E-state index in [1.165, 1.54) is 6.92 Å². The second-order valence-electron chi connectivity index (χ2n) is 3.91. The number of guanidine groups is 1. The average Bonchev–Trinajstić information content (AvgIpc) is 2.09. The van der Waals surface area contributed by atoms with E-state index in [2.05, 4.69) is 5.43 Å². The third-order valence-corrected chi connectivity index (χ3v) is 1.83. The number of hydrogen-bond acceptors (Lipinski definition) is 3. The van der Waals surface area contributed by atoms with Crippen molar-refractivity contribution in [2.45, 2.75) is 33.2 Å². The van der Waals surface area contributed by atoms with Crippen LogP contribution >= 0.6 is 0 Å². The van der Waals surface area contributed by atoms with Crippen LogP contribution < -0.4 is 11.2 Å². The lowest BCUT2D eigenvalue weighted by atomic mass is 10.0. The van der Waals surface area contributed by atoms with Gasteiger partial charge < -0.3 is 10.8 Å².